The Morgan fingerprint density at radius 2 is 1.72 bits per heavy atom. The number of aromatic nitrogens is 1. The van der Waals surface area contributed by atoms with Crippen LogP contribution in [0.4, 0.5) is 0 Å². The van der Waals surface area contributed by atoms with Crippen LogP contribution in [0, 0.1) is 0 Å². The smallest absolute Gasteiger partial charge is 0.246 e. The summed E-state index contributed by atoms with van der Waals surface area (Å²) in [6, 6.07) is 26.7. The molecule has 2 heterocycles. The van der Waals surface area contributed by atoms with Gasteiger partial charge in [0.05, 0.1) is 10.9 Å². The van der Waals surface area contributed by atoms with Crippen LogP contribution in [0.1, 0.15) is 16.5 Å². The fourth-order valence-corrected chi connectivity index (χ4v) is 7.25. The molecule has 32 heavy (non-hydrogen) atoms. The van der Waals surface area contributed by atoms with Crippen molar-refractivity contribution in [2.45, 2.75) is 16.9 Å². The fourth-order valence-electron chi connectivity index (χ4n) is 3.84. The minimum absolute atomic E-state index is 0.255. The summed E-state index contributed by atoms with van der Waals surface area (Å²) in [5.74, 6) is 1.50. The van der Waals surface area contributed by atoms with Crippen LogP contribution in [0.15, 0.2) is 96.0 Å². The molecule has 1 saturated heterocycles. The first kappa shape index (κ1) is 21.0. The van der Waals surface area contributed by atoms with E-state index in [1.165, 1.54) is 0 Å². The molecular weight excluding hydrogens is 440 g/mol. The van der Waals surface area contributed by atoms with E-state index >= 15 is 0 Å². The van der Waals surface area contributed by atoms with Crippen LogP contribution < -0.4 is 4.74 Å². The van der Waals surface area contributed by atoms with E-state index in [1.54, 1.807) is 34.4 Å². The minimum Gasteiger partial charge on any atom is -0.489 e. The van der Waals surface area contributed by atoms with Gasteiger partial charge in [0.1, 0.15) is 17.3 Å². The maximum atomic E-state index is 13.6. The van der Waals surface area contributed by atoms with E-state index in [9.17, 15) is 8.42 Å². The topological polar surface area (TPSA) is 59.5 Å². The Bertz CT molecular complexity index is 1320. The van der Waals surface area contributed by atoms with Crippen LogP contribution in [0.3, 0.4) is 0 Å². The SMILES string of the molecule is O=S(=O)(c1cccc2cccnc12)N1CCSC1c1ccc(OCc2ccccc2)cc1. The molecule has 1 fully saturated rings. The monoisotopic (exact) mass is 462 g/mol. The molecule has 1 aromatic heterocycles. The van der Waals surface area contributed by atoms with Gasteiger partial charge < -0.3 is 4.74 Å². The minimum atomic E-state index is -3.70. The van der Waals surface area contributed by atoms with Gasteiger partial charge in [-0.25, -0.2) is 8.42 Å². The van der Waals surface area contributed by atoms with Crippen LogP contribution in [0.25, 0.3) is 10.9 Å². The van der Waals surface area contributed by atoms with E-state index in [0.717, 1.165) is 28.0 Å². The summed E-state index contributed by atoms with van der Waals surface area (Å²) in [6.07, 6.45) is 1.63. The number of sulfonamides is 1. The number of rotatable bonds is 6. The molecule has 0 spiro atoms. The molecule has 5 rings (SSSR count). The second kappa shape index (κ2) is 8.94. The molecule has 1 unspecified atom stereocenters. The molecule has 7 heteroatoms. The summed E-state index contributed by atoms with van der Waals surface area (Å²) in [7, 11) is -3.70. The van der Waals surface area contributed by atoms with Gasteiger partial charge in [0.25, 0.3) is 0 Å². The fraction of sp³-hybridized carbons (Fsp3) is 0.160. The molecule has 3 aromatic carbocycles. The molecule has 5 nitrogen and oxygen atoms in total. The predicted molar refractivity (Wildman–Crippen MR) is 128 cm³/mol. The third kappa shape index (κ3) is 4.11. The van der Waals surface area contributed by atoms with E-state index in [2.05, 4.69) is 4.98 Å². The van der Waals surface area contributed by atoms with Gasteiger partial charge in [-0.1, -0.05) is 60.7 Å². The van der Waals surface area contributed by atoms with E-state index < -0.39 is 10.0 Å². The number of benzene rings is 3. The number of thioether (sulfide) groups is 1. The Morgan fingerprint density at radius 1 is 0.938 bits per heavy atom. The van der Waals surface area contributed by atoms with Gasteiger partial charge in [-0.15, -0.1) is 11.8 Å². The lowest BCUT2D eigenvalue weighted by Gasteiger charge is -2.24. The van der Waals surface area contributed by atoms with Crippen LogP contribution in [0.2, 0.25) is 0 Å². The van der Waals surface area contributed by atoms with E-state index in [4.69, 9.17) is 4.74 Å². The quantitative estimate of drug-likeness (QED) is 0.392. The number of hydrogen-bond donors (Lipinski definition) is 0. The van der Waals surface area contributed by atoms with Gasteiger partial charge in [-0.05, 0) is 35.4 Å². The molecule has 0 amide bonds. The van der Waals surface area contributed by atoms with Crippen LogP contribution >= 0.6 is 11.8 Å². The summed E-state index contributed by atoms with van der Waals surface area (Å²) in [5, 5.41) is 0.541. The zero-order chi connectivity index (χ0) is 22.0. The first-order chi connectivity index (χ1) is 15.6. The Kier molecular flexibility index (Phi) is 5.87. The zero-order valence-electron chi connectivity index (χ0n) is 17.3. The molecule has 1 aliphatic heterocycles. The highest BCUT2D eigenvalue weighted by molar-refractivity contribution is 8.01. The standard InChI is InChI=1S/C25H22N2O3S2/c28-32(29,23-10-4-8-20-9-5-15-26-24(20)23)27-16-17-31-25(27)21-11-13-22(14-12-21)30-18-19-6-2-1-3-7-19/h1-15,25H,16-18H2. The summed E-state index contributed by atoms with van der Waals surface area (Å²) >= 11 is 1.63. The summed E-state index contributed by atoms with van der Waals surface area (Å²) < 4.78 is 34.7. The number of pyridine rings is 1. The normalized spacial score (nSPS) is 16.9. The highest BCUT2D eigenvalue weighted by atomic mass is 32.2. The summed E-state index contributed by atoms with van der Waals surface area (Å²) in [4.78, 5) is 4.60. The van der Waals surface area contributed by atoms with Crippen LogP contribution in [-0.2, 0) is 16.6 Å². The highest BCUT2D eigenvalue weighted by Crippen LogP contribution is 2.42. The molecule has 0 N–H and O–H groups in total. The lowest BCUT2D eigenvalue weighted by atomic mass is 10.2. The largest absolute Gasteiger partial charge is 0.489 e. The third-order valence-corrected chi connectivity index (χ3v) is 8.74. The summed E-state index contributed by atoms with van der Waals surface area (Å²) in [5.41, 5.74) is 2.55. The number of nitrogens with zero attached hydrogens (tertiary/aromatic N) is 2. The molecule has 162 valence electrons. The number of para-hydroxylation sites is 1. The maximum Gasteiger partial charge on any atom is 0.246 e. The van der Waals surface area contributed by atoms with Crippen LogP contribution in [-0.4, -0.2) is 30.0 Å². The predicted octanol–water partition coefficient (Wildman–Crippen LogP) is 5.25. The first-order valence-electron chi connectivity index (χ1n) is 10.4. The van der Waals surface area contributed by atoms with Gasteiger partial charge >= 0.3 is 0 Å². The maximum absolute atomic E-state index is 13.6. The Hall–Kier alpha value is -2.87. The second-order valence-corrected chi connectivity index (χ2v) is 10.6. The average Bonchev–Trinajstić information content (AvgIpc) is 3.34. The van der Waals surface area contributed by atoms with Crippen molar-refractivity contribution in [3.8, 4) is 5.75 Å². The molecule has 0 saturated carbocycles. The summed E-state index contributed by atoms with van der Waals surface area (Å²) in [6.45, 7) is 0.958. The highest BCUT2D eigenvalue weighted by Gasteiger charge is 2.37. The van der Waals surface area contributed by atoms with Crippen molar-refractivity contribution in [3.63, 3.8) is 0 Å². The Balaban J connectivity index is 1.38. The molecule has 1 aliphatic rings. The molecule has 1 atom stereocenters. The molecular formula is C25H22N2O3S2. The Morgan fingerprint density at radius 3 is 2.53 bits per heavy atom. The second-order valence-electron chi connectivity index (χ2n) is 7.51. The van der Waals surface area contributed by atoms with Gasteiger partial charge in [0.15, 0.2) is 0 Å². The first-order valence-corrected chi connectivity index (χ1v) is 12.9. The Labute approximate surface area is 192 Å². The lowest BCUT2D eigenvalue weighted by molar-refractivity contribution is 0.306. The van der Waals surface area contributed by atoms with Crippen molar-refractivity contribution in [1.29, 1.82) is 0 Å². The van der Waals surface area contributed by atoms with Gasteiger partial charge in [0, 0.05) is 23.9 Å². The van der Waals surface area contributed by atoms with Crippen molar-refractivity contribution in [2.75, 3.05) is 12.3 Å². The van der Waals surface area contributed by atoms with Gasteiger partial charge in [0.2, 0.25) is 10.0 Å². The van der Waals surface area contributed by atoms with Gasteiger partial charge in [-0.2, -0.15) is 4.31 Å². The zero-order valence-corrected chi connectivity index (χ0v) is 18.9. The van der Waals surface area contributed by atoms with E-state index in [0.29, 0.717) is 18.7 Å². The number of fused-ring (bicyclic) bond motifs is 1. The van der Waals surface area contributed by atoms with Crippen molar-refractivity contribution in [3.05, 3.63) is 102 Å². The van der Waals surface area contributed by atoms with Crippen molar-refractivity contribution >= 4 is 32.7 Å². The van der Waals surface area contributed by atoms with E-state index in [1.807, 2.05) is 72.8 Å². The van der Waals surface area contributed by atoms with Crippen molar-refractivity contribution in [1.82, 2.24) is 9.29 Å². The third-order valence-electron chi connectivity index (χ3n) is 5.44. The van der Waals surface area contributed by atoms with Crippen molar-refractivity contribution in [2.24, 2.45) is 0 Å². The number of ether oxygens (including phenoxy) is 1. The molecule has 0 aliphatic carbocycles. The molecule has 0 bridgehead atoms. The number of hydrogen-bond acceptors (Lipinski definition) is 5. The van der Waals surface area contributed by atoms with Crippen molar-refractivity contribution < 1.29 is 13.2 Å². The molecule has 4 aromatic rings. The van der Waals surface area contributed by atoms with Gasteiger partial charge in [-0.3, -0.25) is 4.98 Å². The lowest BCUT2D eigenvalue weighted by Crippen LogP contribution is -2.30. The van der Waals surface area contributed by atoms with Crippen LogP contribution in [0.5, 0.6) is 5.75 Å². The van der Waals surface area contributed by atoms with E-state index in [-0.39, 0.29) is 10.3 Å². The molecule has 0 radical (unpaired) electrons. The average molecular weight is 463 g/mol.